The van der Waals surface area contributed by atoms with E-state index in [2.05, 4.69) is 41.5 Å². The van der Waals surface area contributed by atoms with Gasteiger partial charge in [-0.25, -0.2) is 0 Å². The fourth-order valence-electron chi connectivity index (χ4n) is 4.01. The molecule has 0 spiro atoms. The van der Waals surface area contributed by atoms with Crippen molar-refractivity contribution in [2.45, 2.75) is 131 Å². The van der Waals surface area contributed by atoms with Crippen molar-refractivity contribution < 1.29 is 19.1 Å². The average Bonchev–Trinajstić information content (AvgIpc) is 2.78. The van der Waals surface area contributed by atoms with Crippen molar-refractivity contribution in [3.05, 3.63) is 0 Å². The summed E-state index contributed by atoms with van der Waals surface area (Å²) >= 11 is 0. The maximum Gasteiger partial charge on any atom is 0.305 e. The highest BCUT2D eigenvalue weighted by Gasteiger charge is 2.28. The second kappa shape index (κ2) is 16.6. The van der Waals surface area contributed by atoms with E-state index in [1.807, 2.05) is 0 Å². The van der Waals surface area contributed by atoms with Gasteiger partial charge in [0.2, 0.25) is 0 Å². The maximum absolute atomic E-state index is 12.1. The predicted octanol–water partition coefficient (Wildman–Crippen LogP) is 7.63. The van der Waals surface area contributed by atoms with Gasteiger partial charge in [0.25, 0.3) is 0 Å². The first-order chi connectivity index (χ1) is 14.4. The molecular weight excluding hydrogens is 376 g/mol. The summed E-state index contributed by atoms with van der Waals surface area (Å²) in [6, 6.07) is 0. The topological polar surface area (TPSA) is 52.6 Å². The zero-order valence-corrected chi connectivity index (χ0v) is 20.9. The first kappa shape index (κ1) is 28.9. The summed E-state index contributed by atoms with van der Waals surface area (Å²) in [5.41, 5.74) is 0.247. The third-order valence-electron chi connectivity index (χ3n) is 7.21. The molecule has 0 heterocycles. The van der Waals surface area contributed by atoms with Crippen LogP contribution in [0.25, 0.3) is 0 Å². The summed E-state index contributed by atoms with van der Waals surface area (Å²) in [5, 5.41) is 0. The minimum atomic E-state index is -0.137. The molecule has 0 unspecified atom stereocenters. The largest absolute Gasteiger partial charge is 0.465 e. The quantitative estimate of drug-likeness (QED) is 0.157. The minimum absolute atomic E-state index is 0.123. The number of carbonyl (C=O) groups excluding carboxylic acids is 2. The normalized spacial score (nSPS) is 12.1. The van der Waals surface area contributed by atoms with Gasteiger partial charge < -0.3 is 9.47 Å². The van der Waals surface area contributed by atoms with Crippen molar-refractivity contribution in [3.63, 3.8) is 0 Å². The van der Waals surface area contributed by atoms with Crippen molar-refractivity contribution in [1.29, 1.82) is 0 Å². The number of rotatable bonds is 19. The molecule has 30 heavy (non-hydrogen) atoms. The Bertz CT molecular complexity index is 408. The molecule has 0 saturated heterocycles. The van der Waals surface area contributed by atoms with E-state index in [4.69, 9.17) is 9.47 Å². The van der Waals surface area contributed by atoms with E-state index in [1.54, 1.807) is 0 Å². The molecule has 0 rings (SSSR count). The Morgan fingerprint density at radius 1 is 0.567 bits per heavy atom. The van der Waals surface area contributed by atoms with E-state index in [0.29, 0.717) is 38.9 Å². The van der Waals surface area contributed by atoms with Gasteiger partial charge >= 0.3 is 11.9 Å². The van der Waals surface area contributed by atoms with E-state index in [9.17, 15) is 9.59 Å². The molecule has 0 amide bonds. The van der Waals surface area contributed by atoms with Gasteiger partial charge in [-0.1, -0.05) is 67.2 Å². The number of hydrogen-bond donors (Lipinski definition) is 0. The monoisotopic (exact) mass is 426 g/mol. The predicted molar refractivity (Wildman–Crippen MR) is 125 cm³/mol. The molecule has 0 saturated carbocycles. The third-order valence-corrected chi connectivity index (χ3v) is 7.21. The Morgan fingerprint density at radius 3 is 1.17 bits per heavy atom. The van der Waals surface area contributed by atoms with Crippen molar-refractivity contribution in [1.82, 2.24) is 0 Å². The van der Waals surface area contributed by atoms with E-state index < -0.39 is 0 Å². The molecule has 0 aromatic heterocycles. The van der Waals surface area contributed by atoms with Gasteiger partial charge in [-0.2, -0.15) is 0 Å². The second-order valence-corrected chi connectivity index (χ2v) is 9.15. The van der Waals surface area contributed by atoms with E-state index in [-0.39, 0.29) is 22.8 Å². The number of hydrogen-bond acceptors (Lipinski definition) is 4. The van der Waals surface area contributed by atoms with E-state index in [0.717, 1.165) is 38.5 Å². The highest BCUT2D eigenvalue weighted by Crippen LogP contribution is 2.34. The Balaban J connectivity index is 4.17. The number of esters is 2. The fraction of sp³-hybridized carbons (Fsp3) is 0.923. The third kappa shape index (κ3) is 11.4. The van der Waals surface area contributed by atoms with Crippen molar-refractivity contribution in [2.75, 3.05) is 13.2 Å². The maximum atomic E-state index is 12.1. The molecular formula is C26H50O4. The van der Waals surface area contributed by atoms with Gasteiger partial charge in [0.15, 0.2) is 0 Å². The molecule has 0 bridgehead atoms. The van der Waals surface area contributed by atoms with Gasteiger partial charge in [0.05, 0.1) is 13.2 Å². The van der Waals surface area contributed by atoms with Gasteiger partial charge in [0, 0.05) is 23.7 Å². The standard InChI is InChI=1S/C26H50O4/c1-7-13-19-25(9-3,10-4)21-29-23(27)17-15-16-18-24(28)30-22-26(11-5,12-6)20-14-8-2/h7-22H2,1-6H3. The van der Waals surface area contributed by atoms with Crippen molar-refractivity contribution in [2.24, 2.45) is 10.8 Å². The number of ether oxygens (including phenoxy) is 2. The summed E-state index contributed by atoms with van der Waals surface area (Å²) < 4.78 is 11.2. The van der Waals surface area contributed by atoms with Gasteiger partial charge in [-0.05, 0) is 51.4 Å². The summed E-state index contributed by atoms with van der Waals surface area (Å²) in [7, 11) is 0. The Morgan fingerprint density at radius 2 is 0.900 bits per heavy atom. The van der Waals surface area contributed by atoms with Gasteiger partial charge in [0.1, 0.15) is 0 Å². The van der Waals surface area contributed by atoms with Crippen LogP contribution in [0, 0.1) is 10.8 Å². The second-order valence-electron chi connectivity index (χ2n) is 9.15. The van der Waals surface area contributed by atoms with Gasteiger partial charge in [-0.15, -0.1) is 0 Å². The van der Waals surface area contributed by atoms with Crippen molar-refractivity contribution >= 4 is 11.9 Å². The first-order valence-corrected chi connectivity index (χ1v) is 12.7. The van der Waals surface area contributed by atoms with Gasteiger partial charge in [-0.3, -0.25) is 9.59 Å². The highest BCUT2D eigenvalue weighted by molar-refractivity contribution is 5.70. The SMILES string of the molecule is CCCCC(CC)(CC)COC(=O)CCCCC(=O)OCC(CC)(CC)CCCC. The van der Waals surface area contributed by atoms with Crippen molar-refractivity contribution in [3.8, 4) is 0 Å². The smallest absolute Gasteiger partial charge is 0.305 e. The molecule has 0 atom stereocenters. The molecule has 4 nitrogen and oxygen atoms in total. The molecule has 178 valence electrons. The lowest BCUT2D eigenvalue weighted by atomic mass is 9.78. The lowest BCUT2D eigenvalue weighted by Crippen LogP contribution is -2.27. The lowest BCUT2D eigenvalue weighted by molar-refractivity contribution is -0.150. The van der Waals surface area contributed by atoms with Crippen LogP contribution in [0.4, 0.5) is 0 Å². The van der Waals surface area contributed by atoms with Crippen LogP contribution in [0.5, 0.6) is 0 Å². The molecule has 0 aliphatic carbocycles. The molecule has 4 heteroatoms. The van der Waals surface area contributed by atoms with Crippen LogP contribution in [0.1, 0.15) is 131 Å². The highest BCUT2D eigenvalue weighted by atomic mass is 16.5. The van der Waals surface area contributed by atoms with E-state index in [1.165, 1.54) is 25.7 Å². The van der Waals surface area contributed by atoms with Crippen LogP contribution in [0.3, 0.4) is 0 Å². The Labute approximate surface area is 186 Å². The lowest BCUT2D eigenvalue weighted by Gasteiger charge is -2.31. The average molecular weight is 427 g/mol. The summed E-state index contributed by atoms with van der Waals surface area (Å²) in [6.45, 7) is 14.2. The Hall–Kier alpha value is -1.06. The van der Waals surface area contributed by atoms with Crippen LogP contribution in [-0.2, 0) is 19.1 Å². The zero-order valence-electron chi connectivity index (χ0n) is 20.9. The first-order valence-electron chi connectivity index (χ1n) is 12.7. The zero-order chi connectivity index (χ0) is 22.9. The molecule has 0 N–H and O–H groups in total. The number of unbranched alkanes of at least 4 members (excludes halogenated alkanes) is 3. The molecule has 0 aromatic rings. The van der Waals surface area contributed by atoms with Crippen LogP contribution in [0.15, 0.2) is 0 Å². The van der Waals surface area contributed by atoms with E-state index >= 15 is 0 Å². The van der Waals surface area contributed by atoms with Crippen LogP contribution in [0.2, 0.25) is 0 Å². The summed E-state index contributed by atoms with van der Waals surface area (Å²) in [6.07, 6.45) is 13.2. The Kier molecular flexibility index (Phi) is 16.0. The molecule has 0 fully saturated rings. The number of carbonyl (C=O) groups is 2. The molecule has 0 radical (unpaired) electrons. The van der Waals surface area contributed by atoms with Crippen LogP contribution >= 0.6 is 0 Å². The summed E-state index contributed by atoms with van der Waals surface area (Å²) in [5.74, 6) is -0.275. The van der Waals surface area contributed by atoms with Crippen LogP contribution < -0.4 is 0 Å². The summed E-state index contributed by atoms with van der Waals surface area (Å²) in [4.78, 5) is 24.3. The molecule has 0 aromatic carbocycles. The molecule has 0 aliphatic heterocycles. The minimum Gasteiger partial charge on any atom is -0.465 e. The molecule has 0 aliphatic rings. The fourth-order valence-corrected chi connectivity index (χ4v) is 4.01. The van der Waals surface area contributed by atoms with Crippen LogP contribution in [-0.4, -0.2) is 25.2 Å².